The first-order chi connectivity index (χ1) is 5.86. The topological polar surface area (TPSA) is 29.1 Å². The molecule has 0 atom stereocenters. The molecule has 0 aromatic heterocycles. The summed E-state index contributed by atoms with van der Waals surface area (Å²) in [6.07, 6.45) is 2.83. The van der Waals surface area contributed by atoms with E-state index in [0.717, 1.165) is 12.1 Å². The summed E-state index contributed by atoms with van der Waals surface area (Å²) in [5.41, 5.74) is 2.27. The molecule has 0 fully saturated rings. The zero-order valence-corrected chi connectivity index (χ0v) is 7.13. The Labute approximate surface area is 72.6 Å². The Hall–Kier alpha value is -1.31. The van der Waals surface area contributed by atoms with Crippen LogP contribution in [-0.2, 0) is 11.2 Å². The second kappa shape index (κ2) is 4.54. The summed E-state index contributed by atoms with van der Waals surface area (Å²) >= 11 is 0. The van der Waals surface area contributed by atoms with Gasteiger partial charge < -0.3 is 5.32 Å². The highest BCUT2D eigenvalue weighted by molar-refractivity contribution is 5.60. The summed E-state index contributed by atoms with van der Waals surface area (Å²) in [5.74, 6) is 0. The molecule has 0 heterocycles. The van der Waals surface area contributed by atoms with Crippen molar-refractivity contribution in [3.05, 3.63) is 29.8 Å². The molecule has 1 rings (SSSR count). The predicted octanol–water partition coefficient (Wildman–Crippen LogP) is 1.77. The third-order valence-electron chi connectivity index (χ3n) is 1.73. The first-order valence-corrected chi connectivity index (χ1v) is 4.04. The minimum Gasteiger partial charge on any atom is -0.377 e. The molecule has 2 nitrogen and oxygen atoms in total. The van der Waals surface area contributed by atoms with E-state index in [4.69, 9.17) is 0 Å². The predicted molar refractivity (Wildman–Crippen MR) is 50.0 cm³/mol. The van der Waals surface area contributed by atoms with Gasteiger partial charge in [-0.05, 0) is 24.1 Å². The van der Waals surface area contributed by atoms with Crippen LogP contribution in [0.5, 0.6) is 0 Å². The molecule has 2 heteroatoms. The van der Waals surface area contributed by atoms with Gasteiger partial charge in [0.2, 0.25) is 6.29 Å². The van der Waals surface area contributed by atoms with Crippen LogP contribution in [0.2, 0.25) is 0 Å². The number of benzene rings is 1. The van der Waals surface area contributed by atoms with E-state index in [2.05, 4.69) is 12.2 Å². The van der Waals surface area contributed by atoms with Gasteiger partial charge in [-0.2, -0.15) is 0 Å². The first kappa shape index (κ1) is 8.78. The number of hydrogen-bond donors (Lipinski definition) is 1. The summed E-state index contributed by atoms with van der Waals surface area (Å²) in [6.45, 7) is 2.37. The van der Waals surface area contributed by atoms with Crippen molar-refractivity contribution in [3.8, 4) is 0 Å². The van der Waals surface area contributed by atoms with Crippen LogP contribution in [0.15, 0.2) is 24.3 Å². The molecule has 0 spiro atoms. The Kier molecular flexibility index (Phi) is 3.33. The molecular weight excluding hydrogens is 150 g/mol. The lowest BCUT2D eigenvalue weighted by Crippen LogP contribution is -2.01. The van der Waals surface area contributed by atoms with Crippen LogP contribution in [-0.4, -0.2) is 12.8 Å². The van der Waals surface area contributed by atoms with Crippen molar-refractivity contribution in [3.63, 3.8) is 0 Å². The monoisotopic (exact) mass is 162 g/mol. The third kappa shape index (κ3) is 2.38. The van der Waals surface area contributed by atoms with E-state index in [0.29, 0.717) is 0 Å². The maximum absolute atomic E-state index is 9.91. The molecule has 0 unspecified atom stereocenters. The fourth-order valence-corrected chi connectivity index (χ4v) is 0.996. The van der Waals surface area contributed by atoms with Crippen molar-refractivity contribution in [1.82, 2.24) is 0 Å². The van der Waals surface area contributed by atoms with E-state index in [1.54, 1.807) is 6.29 Å². The summed E-state index contributed by atoms with van der Waals surface area (Å²) in [4.78, 5) is 9.91. The zero-order valence-electron chi connectivity index (χ0n) is 7.13. The second-order valence-electron chi connectivity index (χ2n) is 2.55. The molecule has 0 amide bonds. The van der Waals surface area contributed by atoms with Crippen LogP contribution in [0.25, 0.3) is 0 Å². The van der Waals surface area contributed by atoms with Crippen LogP contribution in [0.1, 0.15) is 12.5 Å². The number of nitrogens with one attached hydrogen (secondary N) is 1. The number of rotatable bonds is 4. The SMILES string of the molecule is CCc1ccc(NC[C]=O)cc1. The number of carbonyl (C=O) groups excluding carboxylic acids is 1. The van der Waals surface area contributed by atoms with Crippen LogP contribution >= 0.6 is 0 Å². The third-order valence-corrected chi connectivity index (χ3v) is 1.73. The van der Waals surface area contributed by atoms with Crippen LogP contribution in [0.4, 0.5) is 5.69 Å². The lowest BCUT2D eigenvalue weighted by molar-refractivity contribution is 0.557. The van der Waals surface area contributed by atoms with Gasteiger partial charge in [0, 0.05) is 5.69 Å². The highest BCUT2D eigenvalue weighted by Gasteiger charge is 1.90. The molecule has 0 aliphatic carbocycles. The molecular formula is C10H12NO. The lowest BCUT2D eigenvalue weighted by Gasteiger charge is -2.02. The average Bonchev–Trinajstić information content (AvgIpc) is 2.15. The van der Waals surface area contributed by atoms with Crippen molar-refractivity contribution < 1.29 is 4.79 Å². The minimum atomic E-state index is 0.255. The van der Waals surface area contributed by atoms with Gasteiger partial charge >= 0.3 is 0 Å². The highest BCUT2D eigenvalue weighted by atomic mass is 16.1. The Bertz CT molecular complexity index is 241. The smallest absolute Gasteiger partial charge is 0.219 e. The van der Waals surface area contributed by atoms with Crippen molar-refractivity contribution in [1.29, 1.82) is 0 Å². The van der Waals surface area contributed by atoms with E-state index < -0.39 is 0 Å². The minimum absolute atomic E-state index is 0.255. The first-order valence-electron chi connectivity index (χ1n) is 4.04. The van der Waals surface area contributed by atoms with Gasteiger partial charge in [-0.3, -0.25) is 4.79 Å². The van der Waals surface area contributed by atoms with Crippen LogP contribution in [0, 0.1) is 0 Å². The summed E-state index contributed by atoms with van der Waals surface area (Å²) in [6, 6.07) is 8.03. The number of aryl methyl sites for hydroxylation is 1. The molecule has 1 aromatic rings. The normalized spacial score (nSPS) is 9.42. The maximum atomic E-state index is 9.91. The zero-order chi connectivity index (χ0) is 8.81. The van der Waals surface area contributed by atoms with E-state index in [9.17, 15) is 4.79 Å². The van der Waals surface area contributed by atoms with Gasteiger partial charge in [-0.15, -0.1) is 0 Å². The molecule has 1 radical (unpaired) electrons. The molecule has 63 valence electrons. The molecule has 0 saturated carbocycles. The Morgan fingerprint density at radius 3 is 2.50 bits per heavy atom. The van der Waals surface area contributed by atoms with Gasteiger partial charge in [-0.1, -0.05) is 19.1 Å². The molecule has 0 saturated heterocycles. The molecule has 0 bridgehead atoms. The number of anilines is 1. The Morgan fingerprint density at radius 2 is 2.00 bits per heavy atom. The average molecular weight is 162 g/mol. The molecule has 0 aliphatic heterocycles. The van der Waals surface area contributed by atoms with Crippen molar-refractivity contribution in [2.24, 2.45) is 0 Å². The van der Waals surface area contributed by atoms with E-state index in [1.807, 2.05) is 24.3 Å². The quantitative estimate of drug-likeness (QED) is 0.731. The van der Waals surface area contributed by atoms with E-state index in [1.165, 1.54) is 5.56 Å². The van der Waals surface area contributed by atoms with Gasteiger partial charge in [-0.25, -0.2) is 0 Å². The summed E-state index contributed by atoms with van der Waals surface area (Å²) in [7, 11) is 0. The van der Waals surface area contributed by atoms with Gasteiger partial charge in [0.25, 0.3) is 0 Å². The van der Waals surface area contributed by atoms with Crippen molar-refractivity contribution in [2.75, 3.05) is 11.9 Å². The number of hydrogen-bond acceptors (Lipinski definition) is 2. The summed E-state index contributed by atoms with van der Waals surface area (Å²) in [5, 5.41) is 2.92. The fourth-order valence-electron chi connectivity index (χ4n) is 0.996. The van der Waals surface area contributed by atoms with E-state index >= 15 is 0 Å². The maximum Gasteiger partial charge on any atom is 0.219 e. The van der Waals surface area contributed by atoms with Crippen molar-refractivity contribution >= 4 is 12.0 Å². The highest BCUT2D eigenvalue weighted by Crippen LogP contribution is 2.08. The van der Waals surface area contributed by atoms with E-state index in [-0.39, 0.29) is 6.54 Å². The molecule has 1 aromatic carbocycles. The Morgan fingerprint density at radius 1 is 1.33 bits per heavy atom. The molecule has 12 heavy (non-hydrogen) atoms. The Balaban J connectivity index is 2.58. The van der Waals surface area contributed by atoms with Crippen LogP contribution in [0.3, 0.4) is 0 Å². The molecule has 0 aliphatic rings. The van der Waals surface area contributed by atoms with Gasteiger partial charge in [0.15, 0.2) is 0 Å². The van der Waals surface area contributed by atoms with Crippen molar-refractivity contribution in [2.45, 2.75) is 13.3 Å². The molecule has 1 N–H and O–H groups in total. The van der Waals surface area contributed by atoms with Gasteiger partial charge in [0.1, 0.15) is 0 Å². The largest absolute Gasteiger partial charge is 0.377 e. The van der Waals surface area contributed by atoms with Gasteiger partial charge in [0.05, 0.1) is 6.54 Å². The fraction of sp³-hybridized carbons (Fsp3) is 0.300. The lowest BCUT2D eigenvalue weighted by atomic mass is 10.1. The summed E-state index contributed by atoms with van der Waals surface area (Å²) < 4.78 is 0. The second-order valence-corrected chi connectivity index (χ2v) is 2.55. The standard InChI is InChI=1S/C10H12NO/c1-2-9-3-5-10(6-4-9)11-7-8-12/h3-6,11H,2,7H2,1H3. The van der Waals surface area contributed by atoms with Crippen LogP contribution < -0.4 is 5.32 Å².